The fraction of sp³-hybridized carbons (Fsp3) is 0.500. The molecule has 1 aliphatic heterocycles. The molecular formula is C14H19NO2. The summed E-state index contributed by atoms with van der Waals surface area (Å²) in [5, 5.41) is 9.42. The maximum atomic E-state index is 11.5. The summed E-state index contributed by atoms with van der Waals surface area (Å²) >= 11 is 0. The first-order valence-electron chi connectivity index (χ1n) is 6.20. The zero-order valence-corrected chi connectivity index (χ0v) is 10.2. The number of hydrogen-bond acceptors (Lipinski definition) is 2. The summed E-state index contributed by atoms with van der Waals surface area (Å²) < 4.78 is 0. The Morgan fingerprint density at radius 1 is 1.41 bits per heavy atom. The molecule has 1 heterocycles. The van der Waals surface area contributed by atoms with E-state index in [1.807, 2.05) is 30.3 Å². The zero-order chi connectivity index (χ0) is 12.3. The highest BCUT2D eigenvalue weighted by Crippen LogP contribution is 2.26. The molecule has 1 aromatic rings. The van der Waals surface area contributed by atoms with E-state index in [1.165, 1.54) is 6.42 Å². The molecule has 0 spiro atoms. The number of benzene rings is 1. The van der Waals surface area contributed by atoms with Gasteiger partial charge in [0.1, 0.15) is 6.04 Å². The summed E-state index contributed by atoms with van der Waals surface area (Å²) in [6.45, 7) is 3.96. The Morgan fingerprint density at radius 2 is 2.12 bits per heavy atom. The van der Waals surface area contributed by atoms with Crippen molar-refractivity contribution in [1.82, 2.24) is 4.90 Å². The molecule has 1 saturated heterocycles. The van der Waals surface area contributed by atoms with Gasteiger partial charge in [0.25, 0.3) is 0 Å². The molecule has 1 N–H and O–H groups in total. The molecule has 1 aliphatic rings. The second kappa shape index (κ2) is 5.32. The van der Waals surface area contributed by atoms with E-state index in [1.54, 1.807) is 0 Å². The van der Waals surface area contributed by atoms with E-state index in [9.17, 15) is 9.90 Å². The van der Waals surface area contributed by atoms with Crippen LogP contribution in [-0.2, 0) is 4.79 Å². The minimum absolute atomic E-state index is 0.487. The van der Waals surface area contributed by atoms with Crippen molar-refractivity contribution in [2.75, 3.05) is 13.1 Å². The monoisotopic (exact) mass is 233 g/mol. The Balaban J connectivity index is 2.20. The van der Waals surface area contributed by atoms with Gasteiger partial charge in [-0.3, -0.25) is 9.69 Å². The quantitative estimate of drug-likeness (QED) is 0.872. The first-order chi connectivity index (χ1) is 8.18. The molecule has 1 aromatic carbocycles. The average Bonchev–Trinajstić information content (AvgIpc) is 2.30. The van der Waals surface area contributed by atoms with Gasteiger partial charge in [-0.05, 0) is 30.9 Å². The number of carboxylic acids is 1. The number of nitrogens with zero attached hydrogens (tertiary/aromatic N) is 1. The lowest BCUT2D eigenvalue weighted by Crippen LogP contribution is -2.40. The van der Waals surface area contributed by atoms with E-state index in [0.717, 1.165) is 25.1 Å². The summed E-state index contributed by atoms with van der Waals surface area (Å²) in [6.07, 6.45) is 2.30. The number of aliphatic carboxylic acids is 1. The van der Waals surface area contributed by atoms with Gasteiger partial charge in [0.2, 0.25) is 0 Å². The smallest absolute Gasteiger partial charge is 0.325 e. The van der Waals surface area contributed by atoms with E-state index in [4.69, 9.17) is 0 Å². The van der Waals surface area contributed by atoms with E-state index in [0.29, 0.717) is 5.92 Å². The minimum atomic E-state index is -0.745. The zero-order valence-electron chi connectivity index (χ0n) is 10.2. The van der Waals surface area contributed by atoms with E-state index in [2.05, 4.69) is 11.8 Å². The summed E-state index contributed by atoms with van der Waals surface area (Å²) in [5.41, 5.74) is 0.883. The molecule has 17 heavy (non-hydrogen) atoms. The highest BCUT2D eigenvalue weighted by atomic mass is 16.4. The molecule has 0 bridgehead atoms. The molecule has 92 valence electrons. The summed E-state index contributed by atoms with van der Waals surface area (Å²) in [4.78, 5) is 13.6. The molecular weight excluding hydrogens is 214 g/mol. The molecule has 1 fully saturated rings. The van der Waals surface area contributed by atoms with Crippen LogP contribution in [0.4, 0.5) is 0 Å². The molecule has 3 heteroatoms. The Morgan fingerprint density at radius 3 is 2.71 bits per heavy atom. The SMILES string of the molecule is C[C@H]1CCCN([C@@H](C(=O)O)c2ccccc2)C1. The Kier molecular flexibility index (Phi) is 3.79. The average molecular weight is 233 g/mol. The van der Waals surface area contributed by atoms with Gasteiger partial charge in [-0.1, -0.05) is 37.3 Å². The highest BCUT2D eigenvalue weighted by molar-refractivity contribution is 5.75. The van der Waals surface area contributed by atoms with Gasteiger partial charge in [0.15, 0.2) is 0 Å². The molecule has 0 unspecified atom stereocenters. The van der Waals surface area contributed by atoms with Gasteiger partial charge in [-0.2, -0.15) is 0 Å². The Bertz CT molecular complexity index is 377. The van der Waals surface area contributed by atoms with Gasteiger partial charge in [0, 0.05) is 6.54 Å². The van der Waals surface area contributed by atoms with Crippen molar-refractivity contribution < 1.29 is 9.90 Å². The van der Waals surface area contributed by atoms with Gasteiger partial charge in [0.05, 0.1) is 0 Å². The molecule has 3 nitrogen and oxygen atoms in total. The standard InChI is InChI=1S/C14H19NO2/c1-11-6-5-9-15(10-11)13(14(16)17)12-7-3-2-4-8-12/h2-4,7-8,11,13H,5-6,9-10H2,1H3,(H,16,17)/t11-,13+/m0/s1. The van der Waals surface area contributed by atoms with Gasteiger partial charge < -0.3 is 5.11 Å². The van der Waals surface area contributed by atoms with Crippen LogP contribution in [0.25, 0.3) is 0 Å². The summed E-state index contributed by atoms with van der Waals surface area (Å²) in [5.74, 6) is -0.153. The van der Waals surface area contributed by atoms with Crippen LogP contribution in [-0.4, -0.2) is 29.1 Å². The fourth-order valence-electron chi connectivity index (χ4n) is 2.61. The summed E-state index contributed by atoms with van der Waals surface area (Å²) in [7, 11) is 0. The maximum Gasteiger partial charge on any atom is 0.325 e. The predicted octanol–water partition coefficient (Wildman–Crippen LogP) is 2.54. The van der Waals surface area contributed by atoms with Crippen LogP contribution in [0.1, 0.15) is 31.4 Å². The largest absolute Gasteiger partial charge is 0.480 e. The third-order valence-electron chi connectivity index (χ3n) is 3.40. The van der Waals surface area contributed by atoms with Crippen molar-refractivity contribution in [3.63, 3.8) is 0 Å². The first kappa shape index (κ1) is 12.1. The second-order valence-corrected chi connectivity index (χ2v) is 4.89. The van der Waals surface area contributed by atoms with Crippen LogP contribution in [0.3, 0.4) is 0 Å². The number of carbonyl (C=O) groups is 1. The van der Waals surface area contributed by atoms with Gasteiger partial charge in [-0.15, -0.1) is 0 Å². The molecule has 0 saturated carbocycles. The third kappa shape index (κ3) is 2.86. The van der Waals surface area contributed by atoms with Crippen LogP contribution >= 0.6 is 0 Å². The van der Waals surface area contributed by atoms with Crippen molar-refractivity contribution in [3.8, 4) is 0 Å². The Labute approximate surface area is 102 Å². The van der Waals surface area contributed by atoms with Crippen LogP contribution in [0.5, 0.6) is 0 Å². The lowest BCUT2D eigenvalue weighted by atomic mass is 9.96. The number of likely N-dealkylation sites (tertiary alicyclic amines) is 1. The predicted molar refractivity (Wildman–Crippen MR) is 66.8 cm³/mol. The van der Waals surface area contributed by atoms with E-state index < -0.39 is 12.0 Å². The molecule has 0 radical (unpaired) electrons. The number of rotatable bonds is 3. The van der Waals surface area contributed by atoms with Crippen molar-refractivity contribution in [2.24, 2.45) is 5.92 Å². The highest BCUT2D eigenvalue weighted by Gasteiger charge is 2.30. The lowest BCUT2D eigenvalue weighted by molar-refractivity contribution is -0.144. The normalized spacial score (nSPS) is 23.2. The van der Waals surface area contributed by atoms with E-state index in [-0.39, 0.29) is 0 Å². The van der Waals surface area contributed by atoms with Crippen molar-refractivity contribution in [1.29, 1.82) is 0 Å². The fourth-order valence-corrected chi connectivity index (χ4v) is 2.61. The molecule has 0 aromatic heterocycles. The van der Waals surface area contributed by atoms with Crippen molar-refractivity contribution in [3.05, 3.63) is 35.9 Å². The first-order valence-corrected chi connectivity index (χ1v) is 6.20. The second-order valence-electron chi connectivity index (χ2n) is 4.89. The lowest BCUT2D eigenvalue weighted by Gasteiger charge is -2.35. The Hall–Kier alpha value is -1.35. The molecule has 0 aliphatic carbocycles. The van der Waals surface area contributed by atoms with Crippen LogP contribution < -0.4 is 0 Å². The van der Waals surface area contributed by atoms with Gasteiger partial charge >= 0.3 is 5.97 Å². The van der Waals surface area contributed by atoms with Crippen molar-refractivity contribution >= 4 is 5.97 Å². The molecule has 0 amide bonds. The molecule has 2 atom stereocenters. The van der Waals surface area contributed by atoms with Crippen LogP contribution in [0.15, 0.2) is 30.3 Å². The summed E-state index contributed by atoms with van der Waals surface area (Å²) in [6, 6.07) is 9.04. The van der Waals surface area contributed by atoms with Crippen LogP contribution in [0, 0.1) is 5.92 Å². The number of hydrogen-bond donors (Lipinski definition) is 1. The molecule has 2 rings (SSSR count). The van der Waals surface area contributed by atoms with Gasteiger partial charge in [-0.25, -0.2) is 0 Å². The minimum Gasteiger partial charge on any atom is -0.480 e. The maximum absolute atomic E-state index is 11.5. The number of carboxylic acid groups (broad SMARTS) is 1. The third-order valence-corrected chi connectivity index (χ3v) is 3.40. The van der Waals surface area contributed by atoms with E-state index >= 15 is 0 Å². The topological polar surface area (TPSA) is 40.5 Å². The van der Waals surface area contributed by atoms with Crippen molar-refractivity contribution in [2.45, 2.75) is 25.8 Å². The number of piperidine rings is 1. The van der Waals surface area contributed by atoms with Crippen LogP contribution in [0.2, 0.25) is 0 Å².